The number of para-hydroxylation sites is 1. The maximum Gasteiger partial charge on any atom is 0.220 e. The smallest absolute Gasteiger partial charge is 0.220 e. The fourth-order valence-corrected chi connectivity index (χ4v) is 3.78. The molecule has 2 heterocycles. The minimum atomic E-state index is -0.235. The van der Waals surface area contributed by atoms with Crippen LogP contribution in [0.25, 0.3) is 11.0 Å². The highest BCUT2D eigenvalue weighted by Crippen LogP contribution is 2.31. The van der Waals surface area contributed by atoms with Crippen LogP contribution in [0.2, 0.25) is 0 Å². The van der Waals surface area contributed by atoms with Gasteiger partial charge >= 0.3 is 0 Å². The number of nitrogens with zero attached hydrogens (tertiary/aromatic N) is 2. The fourth-order valence-electron chi connectivity index (χ4n) is 3.32. The number of benzene rings is 1. The van der Waals surface area contributed by atoms with E-state index in [1.807, 2.05) is 58.2 Å². The second kappa shape index (κ2) is 9.31. The van der Waals surface area contributed by atoms with Gasteiger partial charge in [-0.05, 0) is 58.1 Å². The van der Waals surface area contributed by atoms with Crippen LogP contribution in [0, 0.1) is 13.8 Å². The van der Waals surface area contributed by atoms with Gasteiger partial charge in [0.25, 0.3) is 0 Å². The number of thioether (sulfide) groups is 1. The molecule has 1 N–H and O–H groups in total. The average Bonchev–Trinajstić information content (AvgIpc) is 3.13. The van der Waals surface area contributed by atoms with Crippen molar-refractivity contribution in [3.05, 3.63) is 47.0 Å². The number of fused-ring (bicyclic) bond motifs is 1. The molecule has 0 aliphatic carbocycles. The molecule has 0 radical (unpaired) electrons. The maximum absolute atomic E-state index is 12.5. The number of aromatic nitrogens is 2. The lowest BCUT2D eigenvalue weighted by atomic mass is 10.1. The van der Waals surface area contributed by atoms with E-state index in [1.54, 1.807) is 0 Å². The summed E-state index contributed by atoms with van der Waals surface area (Å²) in [6.45, 7) is 8.36. The predicted molar refractivity (Wildman–Crippen MR) is 116 cm³/mol. The van der Waals surface area contributed by atoms with Crippen molar-refractivity contribution in [3.63, 3.8) is 0 Å². The highest BCUT2D eigenvalue weighted by atomic mass is 32.2. The molecule has 0 spiro atoms. The maximum atomic E-state index is 12.5. The number of hydrogen-bond acceptors (Lipinski definition) is 6. The Kier molecular flexibility index (Phi) is 6.79. The molecule has 2 aromatic heterocycles. The minimum absolute atomic E-state index is 0.0317. The summed E-state index contributed by atoms with van der Waals surface area (Å²) >= 11 is 1.52. The van der Waals surface area contributed by atoms with Gasteiger partial charge in [0.1, 0.15) is 5.76 Å². The van der Waals surface area contributed by atoms with E-state index in [2.05, 4.69) is 15.3 Å². The van der Waals surface area contributed by atoms with Crippen LogP contribution in [0.4, 0.5) is 0 Å². The Morgan fingerprint density at radius 2 is 2.00 bits per heavy atom. The van der Waals surface area contributed by atoms with Crippen molar-refractivity contribution in [2.75, 3.05) is 12.9 Å². The van der Waals surface area contributed by atoms with Crippen molar-refractivity contribution in [1.29, 1.82) is 0 Å². The van der Waals surface area contributed by atoms with E-state index in [-0.39, 0.29) is 11.9 Å². The number of carbonyl (C=O) groups is 1. The van der Waals surface area contributed by atoms with Crippen LogP contribution < -0.4 is 10.1 Å². The number of hydrogen-bond donors (Lipinski definition) is 1. The molecule has 154 valence electrons. The Hall–Kier alpha value is -2.54. The van der Waals surface area contributed by atoms with Gasteiger partial charge in [-0.25, -0.2) is 9.97 Å². The van der Waals surface area contributed by atoms with Crippen LogP contribution >= 0.6 is 11.8 Å². The van der Waals surface area contributed by atoms with Gasteiger partial charge in [0, 0.05) is 23.2 Å². The Balaban J connectivity index is 1.65. The van der Waals surface area contributed by atoms with Crippen molar-refractivity contribution in [3.8, 4) is 5.75 Å². The zero-order chi connectivity index (χ0) is 21.0. The summed E-state index contributed by atoms with van der Waals surface area (Å²) in [4.78, 5) is 21.5. The van der Waals surface area contributed by atoms with E-state index in [1.165, 1.54) is 11.8 Å². The van der Waals surface area contributed by atoms with E-state index in [0.29, 0.717) is 30.8 Å². The third-order valence-corrected chi connectivity index (χ3v) is 5.36. The fraction of sp³-hybridized carbons (Fsp3) is 0.409. The number of ether oxygens (including phenoxy) is 1. The topological polar surface area (TPSA) is 77.2 Å². The van der Waals surface area contributed by atoms with E-state index < -0.39 is 0 Å². The van der Waals surface area contributed by atoms with E-state index in [9.17, 15) is 4.79 Å². The van der Waals surface area contributed by atoms with Crippen LogP contribution in [-0.4, -0.2) is 28.7 Å². The van der Waals surface area contributed by atoms with E-state index in [4.69, 9.17) is 9.15 Å². The highest BCUT2D eigenvalue weighted by molar-refractivity contribution is 7.98. The molecule has 0 aliphatic heterocycles. The van der Waals surface area contributed by atoms with Gasteiger partial charge in [0.2, 0.25) is 5.91 Å². The molecule has 1 unspecified atom stereocenters. The number of rotatable bonds is 8. The highest BCUT2D eigenvalue weighted by Gasteiger charge is 2.17. The standard InChI is InChI=1S/C22H27N3O3S/c1-6-27-18-9-7-8-16-12-19(28-21(16)18)15(4)23-20(26)11-10-17-13(2)24-22(29-5)25-14(17)3/h7-9,12,15H,6,10-11H2,1-5H3,(H,23,26). The molecule has 3 aromatic rings. The molecule has 0 bridgehead atoms. The Bertz CT molecular complexity index is 993. The molecule has 1 atom stereocenters. The summed E-state index contributed by atoms with van der Waals surface area (Å²) in [7, 11) is 0. The summed E-state index contributed by atoms with van der Waals surface area (Å²) in [5, 5.41) is 4.75. The van der Waals surface area contributed by atoms with Crippen LogP contribution in [-0.2, 0) is 11.2 Å². The summed E-state index contributed by atoms with van der Waals surface area (Å²) in [6, 6.07) is 7.51. The first-order chi connectivity index (χ1) is 13.9. The molecule has 0 fully saturated rings. The van der Waals surface area contributed by atoms with Crippen LogP contribution in [0.15, 0.2) is 33.8 Å². The van der Waals surface area contributed by atoms with Crippen molar-refractivity contribution in [1.82, 2.24) is 15.3 Å². The molecule has 0 aliphatic rings. The molecule has 29 heavy (non-hydrogen) atoms. The lowest BCUT2D eigenvalue weighted by Crippen LogP contribution is -2.26. The number of carbonyl (C=O) groups excluding carboxylic acids is 1. The Morgan fingerprint density at radius 1 is 1.28 bits per heavy atom. The van der Waals surface area contributed by atoms with E-state index in [0.717, 1.165) is 33.2 Å². The van der Waals surface area contributed by atoms with Gasteiger partial charge in [0.05, 0.1) is 12.6 Å². The molecular weight excluding hydrogens is 386 g/mol. The van der Waals surface area contributed by atoms with Crippen LogP contribution in [0.3, 0.4) is 0 Å². The number of furan rings is 1. The molecule has 7 heteroatoms. The lowest BCUT2D eigenvalue weighted by Gasteiger charge is -2.13. The van der Waals surface area contributed by atoms with Gasteiger partial charge in [-0.1, -0.05) is 23.9 Å². The molecular formula is C22H27N3O3S. The van der Waals surface area contributed by atoms with Crippen molar-refractivity contribution < 1.29 is 13.9 Å². The third-order valence-electron chi connectivity index (χ3n) is 4.82. The Labute approximate surface area is 175 Å². The Morgan fingerprint density at radius 3 is 2.66 bits per heavy atom. The second-order valence-electron chi connectivity index (χ2n) is 6.91. The number of aryl methyl sites for hydroxylation is 2. The summed E-state index contributed by atoms with van der Waals surface area (Å²) in [6.07, 6.45) is 2.94. The van der Waals surface area contributed by atoms with Gasteiger partial charge in [-0.2, -0.15) is 0 Å². The second-order valence-corrected chi connectivity index (χ2v) is 7.68. The molecule has 1 aromatic carbocycles. The van der Waals surface area contributed by atoms with Gasteiger partial charge in [0.15, 0.2) is 16.5 Å². The molecule has 0 saturated carbocycles. The summed E-state index contributed by atoms with van der Waals surface area (Å²) < 4.78 is 11.6. The van der Waals surface area contributed by atoms with E-state index >= 15 is 0 Å². The largest absolute Gasteiger partial charge is 0.490 e. The number of nitrogens with one attached hydrogen (secondary N) is 1. The third kappa shape index (κ3) is 4.90. The SMILES string of the molecule is CCOc1cccc2cc(C(C)NC(=O)CCc3c(C)nc(SC)nc3C)oc12. The first kappa shape index (κ1) is 21.2. The van der Waals surface area contributed by atoms with Gasteiger partial charge in [-0.3, -0.25) is 4.79 Å². The lowest BCUT2D eigenvalue weighted by molar-refractivity contribution is -0.121. The molecule has 3 rings (SSSR count). The van der Waals surface area contributed by atoms with Crippen LogP contribution in [0.1, 0.15) is 49.0 Å². The minimum Gasteiger partial charge on any atom is -0.490 e. The first-order valence-corrected chi connectivity index (χ1v) is 11.0. The zero-order valence-corrected chi connectivity index (χ0v) is 18.4. The van der Waals surface area contributed by atoms with Gasteiger partial charge < -0.3 is 14.5 Å². The normalized spacial score (nSPS) is 12.2. The summed E-state index contributed by atoms with van der Waals surface area (Å²) in [5.41, 5.74) is 3.62. The average molecular weight is 414 g/mol. The van der Waals surface area contributed by atoms with Gasteiger partial charge in [-0.15, -0.1) is 0 Å². The quantitative estimate of drug-likeness (QED) is 0.423. The molecule has 1 amide bonds. The van der Waals surface area contributed by atoms with Crippen molar-refractivity contribution >= 4 is 28.6 Å². The van der Waals surface area contributed by atoms with Crippen molar-refractivity contribution in [2.24, 2.45) is 0 Å². The number of amides is 1. The van der Waals surface area contributed by atoms with Crippen LogP contribution in [0.5, 0.6) is 5.75 Å². The molecule has 6 nitrogen and oxygen atoms in total. The molecule has 0 saturated heterocycles. The summed E-state index contributed by atoms with van der Waals surface area (Å²) in [5.74, 6) is 1.39. The van der Waals surface area contributed by atoms with Crippen molar-refractivity contribution in [2.45, 2.75) is 51.7 Å². The zero-order valence-electron chi connectivity index (χ0n) is 17.5. The monoisotopic (exact) mass is 413 g/mol. The predicted octanol–water partition coefficient (Wildman–Crippen LogP) is 4.77. The first-order valence-electron chi connectivity index (χ1n) is 9.75.